The van der Waals surface area contributed by atoms with Crippen molar-refractivity contribution in [3.63, 3.8) is 0 Å². The second-order valence-electron chi connectivity index (χ2n) is 4.75. The number of halogens is 1. The lowest BCUT2D eigenvalue weighted by Crippen LogP contribution is -2.10. The third-order valence-corrected chi connectivity index (χ3v) is 3.35. The highest BCUT2D eigenvalue weighted by Gasteiger charge is 2.18. The Balaban J connectivity index is 2.59. The number of ether oxygens (including phenoxy) is 2. The van der Waals surface area contributed by atoms with E-state index in [2.05, 4.69) is 30.5 Å². The molecule has 0 saturated carbocycles. The molecular formula is C11H16ClNO3S. The first-order chi connectivity index (χ1) is 7.83. The van der Waals surface area contributed by atoms with E-state index in [1.807, 2.05) is 0 Å². The smallest absolute Gasteiger partial charge is 0.351 e. The first-order valence-corrected chi connectivity index (χ1v) is 6.40. The van der Waals surface area contributed by atoms with Crippen molar-refractivity contribution in [2.24, 2.45) is 5.41 Å². The highest BCUT2D eigenvalue weighted by atomic mass is 35.5. The van der Waals surface area contributed by atoms with Gasteiger partial charge < -0.3 is 9.47 Å². The zero-order chi connectivity index (χ0) is 13.1. The molecule has 0 fully saturated rings. The summed E-state index contributed by atoms with van der Waals surface area (Å²) >= 11 is 6.91. The van der Waals surface area contributed by atoms with Crippen LogP contribution in [-0.2, 0) is 4.74 Å². The number of rotatable bonds is 4. The summed E-state index contributed by atoms with van der Waals surface area (Å²) in [7, 11) is 1.30. The van der Waals surface area contributed by atoms with Crippen LogP contribution in [0.25, 0.3) is 0 Å². The van der Waals surface area contributed by atoms with Crippen molar-refractivity contribution in [3.05, 3.63) is 10.0 Å². The summed E-state index contributed by atoms with van der Waals surface area (Å²) in [6.45, 7) is 6.94. The second-order valence-corrected chi connectivity index (χ2v) is 6.07. The maximum Gasteiger partial charge on any atom is 0.351 e. The molecule has 0 aliphatic rings. The van der Waals surface area contributed by atoms with Crippen LogP contribution in [-0.4, -0.2) is 24.7 Å². The second kappa shape index (κ2) is 5.69. The number of carbonyl (C=O) groups is 1. The minimum absolute atomic E-state index is 0.132. The SMILES string of the molecule is COC(=O)c1sc(OCCC(C)(C)C)nc1Cl. The first-order valence-electron chi connectivity index (χ1n) is 5.21. The number of hydrogen-bond acceptors (Lipinski definition) is 5. The molecule has 0 aliphatic carbocycles. The van der Waals surface area contributed by atoms with E-state index in [0.717, 1.165) is 17.8 Å². The number of methoxy groups -OCH3 is 1. The van der Waals surface area contributed by atoms with Gasteiger partial charge in [0.15, 0.2) is 10.0 Å². The average Bonchev–Trinajstić information content (AvgIpc) is 2.57. The van der Waals surface area contributed by atoms with Gasteiger partial charge in [0.1, 0.15) is 0 Å². The molecule has 6 heteroatoms. The van der Waals surface area contributed by atoms with Crippen LogP contribution in [0.5, 0.6) is 5.19 Å². The van der Waals surface area contributed by atoms with Crippen LogP contribution in [0.15, 0.2) is 0 Å². The van der Waals surface area contributed by atoms with Gasteiger partial charge in [0.25, 0.3) is 5.19 Å². The lowest BCUT2D eigenvalue weighted by molar-refractivity contribution is 0.0606. The van der Waals surface area contributed by atoms with Gasteiger partial charge in [-0.3, -0.25) is 0 Å². The summed E-state index contributed by atoms with van der Waals surface area (Å²) in [5, 5.41) is 0.534. The largest absolute Gasteiger partial charge is 0.470 e. The molecule has 0 radical (unpaired) electrons. The molecule has 0 saturated heterocycles. The molecule has 0 unspecified atom stereocenters. The van der Waals surface area contributed by atoms with Crippen LogP contribution in [0.3, 0.4) is 0 Å². The number of thiazole rings is 1. The molecule has 0 aliphatic heterocycles. The summed E-state index contributed by atoms with van der Waals surface area (Å²) in [6.07, 6.45) is 0.901. The molecule has 1 aromatic rings. The van der Waals surface area contributed by atoms with Gasteiger partial charge >= 0.3 is 5.97 Å². The van der Waals surface area contributed by atoms with Crippen molar-refractivity contribution in [1.29, 1.82) is 0 Å². The minimum Gasteiger partial charge on any atom is -0.470 e. The lowest BCUT2D eigenvalue weighted by atomic mass is 9.93. The topological polar surface area (TPSA) is 48.4 Å². The third kappa shape index (κ3) is 4.52. The molecule has 17 heavy (non-hydrogen) atoms. The Morgan fingerprint density at radius 3 is 2.65 bits per heavy atom. The number of esters is 1. The van der Waals surface area contributed by atoms with Gasteiger partial charge in [0.05, 0.1) is 13.7 Å². The van der Waals surface area contributed by atoms with Gasteiger partial charge in [0.2, 0.25) is 0 Å². The van der Waals surface area contributed by atoms with E-state index in [-0.39, 0.29) is 15.4 Å². The maximum absolute atomic E-state index is 11.3. The highest BCUT2D eigenvalue weighted by molar-refractivity contribution is 7.15. The van der Waals surface area contributed by atoms with Crippen molar-refractivity contribution >= 4 is 28.9 Å². The quantitative estimate of drug-likeness (QED) is 0.792. The summed E-state index contributed by atoms with van der Waals surface area (Å²) in [5.74, 6) is -0.488. The normalized spacial score (nSPS) is 11.4. The Kier molecular flexibility index (Phi) is 4.77. The summed E-state index contributed by atoms with van der Waals surface area (Å²) in [6, 6.07) is 0. The van der Waals surface area contributed by atoms with Gasteiger partial charge in [-0.25, -0.2) is 4.79 Å². The molecule has 1 heterocycles. The van der Waals surface area contributed by atoms with Crippen molar-refractivity contribution < 1.29 is 14.3 Å². The molecule has 96 valence electrons. The number of carbonyl (C=O) groups excluding carboxylic acids is 1. The van der Waals surface area contributed by atoms with Crippen molar-refractivity contribution in [3.8, 4) is 5.19 Å². The Labute approximate surface area is 110 Å². The molecule has 4 nitrogen and oxygen atoms in total. The fraction of sp³-hybridized carbons (Fsp3) is 0.636. The summed E-state index contributed by atoms with van der Waals surface area (Å²) in [4.78, 5) is 15.5. The zero-order valence-electron chi connectivity index (χ0n) is 10.4. The molecule has 1 rings (SSSR count). The van der Waals surface area contributed by atoms with Gasteiger partial charge in [-0.15, -0.1) is 0 Å². The molecule has 0 aromatic carbocycles. The predicted molar refractivity (Wildman–Crippen MR) is 68.0 cm³/mol. The number of hydrogen-bond donors (Lipinski definition) is 0. The van der Waals surface area contributed by atoms with E-state index in [0.29, 0.717) is 11.8 Å². The Hall–Kier alpha value is -0.810. The summed E-state index contributed by atoms with van der Waals surface area (Å²) in [5.41, 5.74) is 0.201. The molecule has 0 N–H and O–H groups in total. The van der Waals surface area contributed by atoms with Crippen LogP contribution < -0.4 is 4.74 Å². The third-order valence-electron chi connectivity index (χ3n) is 2.01. The molecule has 1 aromatic heterocycles. The van der Waals surface area contributed by atoms with Crippen LogP contribution in [0.2, 0.25) is 5.15 Å². The molecule has 0 bridgehead atoms. The van der Waals surface area contributed by atoms with Crippen LogP contribution >= 0.6 is 22.9 Å². The van der Waals surface area contributed by atoms with E-state index in [9.17, 15) is 4.79 Å². The van der Waals surface area contributed by atoms with Gasteiger partial charge in [-0.05, 0) is 11.8 Å². The Morgan fingerprint density at radius 2 is 2.12 bits per heavy atom. The molecule has 0 amide bonds. The van der Waals surface area contributed by atoms with Gasteiger partial charge in [-0.1, -0.05) is 43.7 Å². The van der Waals surface area contributed by atoms with E-state index < -0.39 is 5.97 Å². The van der Waals surface area contributed by atoms with Crippen molar-refractivity contribution in [2.75, 3.05) is 13.7 Å². The van der Waals surface area contributed by atoms with Crippen molar-refractivity contribution in [1.82, 2.24) is 4.98 Å². The molecular weight excluding hydrogens is 262 g/mol. The number of aromatic nitrogens is 1. The minimum atomic E-state index is -0.488. The van der Waals surface area contributed by atoms with Gasteiger partial charge in [0, 0.05) is 0 Å². The Morgan fingerprint density at radius 1 is 1.47 bits per heavy atom. The Bertz CT molecular complexity index is 398. The average molecular weight is 278 g/mol. The monoisotopic (exact) mass is 277 g/mol. The van der Waals surface area contributed by atoms with Crippen LogP contribution in [0.4, 0.5) is 0 Å². The van der Waals surface area contributed by atoms with E-state index >= 15 is 0 Å². The number of nitrogens with zero attached hydrogens (tertiary/aromatic N) is 1. The summed E-state index contributed by atoms with van der Waals surface area (Å²) < 4.78 is 10.0. The van der Waals surface area contributed by atoms with Gasteiger partial charge in [-0.2, -0.15) is 4.98 Å². The predicted octanol–water partition coefficient (Wildman–Crippen LogP) is 3.40. The fourth-order valence-electron chi connectivity index (χ4n) is 1.01. The van der Waals surface area contributed by atoms with Crippen LogP contribution in [0.1, 0.15) is 36.9 Å². The van der Waals surface area contributed by atoms with E-state index in [1.54, 1.807) is 0 Å². The molecule has 0 spiro atoms. The highest BCUT2D eigenvalue weighted by Crippen LogP contribution is 2.30. The fourth-order valence-corrected chi connectivity index (χ4v) is 2.08. The van der Waals surface area contributed by atoms with E-state index in [4.69, 9.17) is 16.3 Å². The van der Waals surface area contributed by atoms with Crippen molar-refractivity contribution in [2.45, 2.75) is 27.2 Å². The molecule has 0 atom stereocenters. The lowest BCUT2D eigenvalue weighted by Gasteiger charge is -2.17. The van der Waals surface area contributed by atoms with E-state index in [1.165, 1.54) is 7.11 Å². The standard InChI is InChI=1S/C11H16ClNO3S/c1-11(2,3)5-6-16-10-13-8(12)7(17-10)9(14)15-4/h5-6H2,1-4H3. The first kappa shape index (κ1) is 14.3. The van der Waals surface area contributed by atoms with Crippen LogP contribution in [0, 0.1) is 5.41 Å². The maximum atomic E-state index is 11.3. The zero-order valence-corrected chi connectivity index (χ0v) is 11.9.